The molecule has 0 aliphatic heterocycles. The van der Waals surface area contributed by atoms with Gasteiger partial charge < -0.3 is 15.1 Å². The minimum Gasteiger partial charge on any atom is -0.480 e. The second-order valence-corrected chi connectivity index (χ2v) is 7.70. The summed E-state index contributed by atoms with van der Waals surface area (Å²) in [5.41, 5.74) is 2.37. The second-order valence-electron chi connectivity index (χ2n) is 7.70. The van der Waals surface area contributed by atoms with Crippen molar-refractivity contribution in [2.75, 3.05) is 0 Å². The molecule has 0 heterocycles. The first kappa shape index (κ1) is 23.1. The van der Waals surface area contributed by atoms with E-state index in [2.05, 4.69) is 0 Å². The quantitative estimate of drug-likeness (QED) is 0.592. The summed E-state index contributed by atoms with van der Waals surface area (Å²) in [5, 5.41) is 19.1. The molecule has 1 atom stereocenters. The van der Waals surface area contributed by atoms with Gasteiger partial charge in [-0.3, -0.25) is 4.79 Å². The maximum atomic E-state index is 12.8. The molecule has 0 fully saturated rings. The highest BCUT2D eigenvalue weighted by molar-refractivity contribution is 5.96. The summed E-state index contributed by atoms with van der Waals surface area (Å²) in [6.07, 6.45) is 1.89. The molecule has 6 nitrogen and oxygen atoms in total. The van der Waals surface area contributed by atoms with Crippen molar-refractivity contribution in [3.8, 4) is 11.1 Å². The normalized spacial score (nSPS) is 11.9. The highest BCUT2D eigenvalue weighted by atomic mass is 16.4. The van der Waals surface area contributed by atoms with Crippen molar-refractivity contribution in [1.29, 1.82) is 0 Å². The van der Waals surface area contributed by atoms with Gasteiger partial charge in [-0.1, -0.05) is 69.7 Å². The number of aromatic carboxylic acids is 1. The average Bonchev–Trinajstić information content (AvgIpc) is 2.71. The van der Waals surface area contributed by atoms with Crippen molar-refractivity contribution < 1.29 is 24.6 Å². The number of carbonyl (C=O) groups is 3. The van der Waals surface area contributed by atoms with Gasteiger partial charge >= 0.3 is 11.9 Å². The fourth-order valence-corrected chi connectivity index (χ4v) is 3.50. The molecule has 0 bridgehead atoms. The van der Waals surface area contributed by atoms with Crippen molar-refractivity contribution in [3.05, 3.63) is 59.7 Å². The molecule has 0 aliphatic carbocycles. The molecule has 160 valence electrons. The van der Waals surface area contributed by atoms with Gasteiger partial charge in [0.1, 0.15) is 6.04 Å². The van der Waals surface area contributed by atoms with Crippen LogP contribution in [0.25, 0.3) is 11.1 Å². The Bertz CT molecular complexity index is 889. The third kappa shape index (κ3) is 5.69. The Balaban J connectivity index is 2.31. The first-order valence-electron chi connectivity index (χ1n) is 10.2. The molecule has 2 N–H and O–H groups in total. The summed E-state index contributed by atoms with van der Waals surface area (Å²) in [7, 11) is 0. The Hall–Kier alpha value is -3.15. The third-order valence-corrected chi connectivity index (χ3v) is 5.06. The van der Waals surface area contributed by atoms with Gasteiger partial charge in [-0.25, -0.2) is 9.59 Å². The van der Waals surface area contributed by atoms with Gasteiger partial charge in [-0.15, -0.1) is 0 Å². The van der Waals surface area contributed by atoms with Crippen LogP contribution >= 0.6 is 0 Å². The van der Waals surface area contributed by atoms with Crippen molar-refractivity contribution in [2.45, 2.75) is 52.6 Å². The fourth-order valence-electron chi connectivity index (χ4n) is 3.50. The molecular formula is C24H29NO5. The molecule has 0 saturated carbocycles. The Morgan fingerprint density at radius 2 is 1.60 bits per heavy atom. The van der Waals surface area contributed by atoms with E-state index in [4.69, 9.17) is 0 Å². The van der Waals surface area contributed by atoms with E-state index in [1.807, 2.05) is 19.1 Å². The van der Waals surface area contributed by atoms with Gasteiger partial charge in [-0.2, -0.15) is 0 Å². The van der Waals surface area contributed by atoms with E-state index in [1.165, 1.54) is 4.90 Å². The monoisotopic (exact) mass is 411 g/mol. The van der Waals surface area contributed by atoms with Gasteiger partial charge in [0.05, 0.1) is 5.56 Å². The molecule has 1 amide bonds. The number of aliphatic carboxylic acids is 1. The number of carbonyl (C=O) groups excluding carboxylic acids is 1. The van der Waals surface area contributed by atoms with Gasteiger partial charge in [-0.05, 0) is 35.1 Å². The molecule has 0 aliphatic rings. The van der Waals surface area contributed by atoms with E-state index in [0.717, 1.165) is 17.5 Å². The zero-order valence-corrected chi connectivity index (χ0v) is 17.7. The maximum absolute atomic E-state index is 12.8. The predicted octanol–water partition coefficient (Wildman–Crippen LogP) is 4.68. The van der Waals surface area contributed by atoms with E-state index < -0.39 is 18.0 Å². The average molecular weight is 411 g/mol. The van der Waals surface area contributed by atoms with Gasteiger partial charge in [0.25, 0.3) is 0 Å². The van der Waals surface area contributed by atoms with E-state index in [9.17, 15) is 24.6 Å². The number of carboxylic acid groups (broad SMARTS) is 2. The number of amides is 1. The van der Waals surface area contributed by atoms with Crippen LogP contribution in [0.4, 0.5) is 0 Å². The molecular weight excluding hydrogens is 382 g/mol. The first-order chi connectivity index (χ1) is 14.3. The van der Waals surface area contributed by atoms with E-state index in [-0.39, 0.29) is 23.9 Å². The zero-order chi connectivity index (χ0) is 22.3. The molecule has 2 aromatic rings. The topological polar surface area (TPSA) is 94.9 Å². The van der Waals surface area contributed by atoms with Crippen LogP contribution < -0.4 is 0 Å². The Morgan fingerprint density at radius 1 is 0.967 bits per heavy atom. The van der Waals surface area contributed by atoms with Crippen LogP contribution in [0.2, 0.25) is 0 Å². The summed E-state index contributed by atoms with van der Waals surface area (Å²) in [6, 6.07) is 13.1. The minimum atomic E-state index is -1.01. The minimum absolute atomic E-state index is 0.168. The van der Waals surface area contributed by atoms with Crippen LogP contribution in [0.1, 0.15) is 56.0 Å². The van der Waals surface area contributed by atoms with Crippen LogP contribution in [-0.2, 0) is 16.1 Å². The molecule has 2 rings (SSSR count). The summed E-state index contributed by atoms with van der Waals surface area (Å²) >= 11 is 0. The highest BCUT2D eigenvalue weighted by Crippen LogP contribution is 2.25. The lowest BCUT2D eigenvalue weighted by Crippen LogP contribution is -2.47. The molecule has 0 saturated heterocycles. The Morgan fingerprint density at radius 3 is 2.13 bits per heavy atom. The number of unbranched alkanes of at least 4 members (excludes halogenated alkanes) is 1. The number of nitrogens with zero attached hydrogens (tertiary/aromatic N) is 1. The lowest BCUT2D eigenvalue weighted by atomic mass is 9.97. The summed E-state index contributed by atoms with van der Waals surface area (Å²) in [6.45, 7) is 5.77. The number of hydrogen-bond donors (Lipinski definition) is 2. The van der Waals surface area contributed by atoms with Crippen LogP contribution in [0.5, 0.6) is 0 Å². The molecule has 30 heavy (non-hydrogen) atoms. The number of rotatable bonds is 10. The second kappa shape index (κ2) is 10.6. The SMILES string of the molecule is CCCCC(=O)N(Cc1ccc(-c2ccccc2C(=O)O)cc1)C(C(=O)O)C(C)C. The van der Waals surface area contributed by atoms with Crippen LogP contribution in [-0.4, -0.2) is 39.0 Å². The van der Waals surface area contributed by atoms with Crippen LogP contribution in [0.15, 0.2) is 48.5 Å². The van der Waals surface area contributed by atoms with Crippen LogP contribution in [0, 0.1) is 5.92 Å². The largest absolute Gasteiger partial charge is 0.480 e. The van der Waals surface area contributed by atoms with Crippen molar-refractivity contribution in [3.63, 3.8) is 0 Å². The molecule has 1 unspecified atom stereocenters. The molecule has 2 aromatic carbocycles. The lowest BCUT2D eigenvalue weighted by molar-refractivity contribution is -0.153. The molecule has 0 spiro atoms. The first-order valence-corrected chi connectivity index (χ1v) is 10.2. The van der Waals surface area contributed by atoms with Gasteiger partial charge in [0, 0.05) is 13.0 Å². The summed E-state index contributed by atoms with van der Waals surface area (Å²) < 4.78 is 0. The number of benzene rings is 2. The van der Waals surface area contributed by atoms with Crippen molar-refractivity contribution in [2.24, 2.45) is 5.92 Å². The van der Waals surface area contributed by atoms with E-state index in [0.29, 0.717) is 18.4 Å². The van der Waals surface area contributed by atoms with Gasteiger partial charge in [0.15, 0.2) is 0 Å². The van der Waals surface area contributed by atoms with Crippen molar-refractivity contribution in [1.82, 2.24) is 4.90 Å². The molecule has 6 heteroatoms. The highest BCUT2D eigenvalue weighted by Gasteiger charge is 2.32. The number of carboxylic acids is 2. The summed E-state index contributed by atoms with van der Waals surface area (Å²) in [5.74, 6) is -2.40. The van der Waals surface area contributed by atoms with Gasteiger partial charge in [0.2, 0.25) is 5.91 Å². The number of hydrogen-bond acceptors (Lipinski definition) is 3. The molecule has 0 radical (unpaired) electrons. The zero-order valence-electron chi connectivity index (χ0n) is 17.7. The van der Waals surface area contributed by atoms with Crippen LogP contribution in [0.3, 0.4) is 0 Å². The fraction of sp³-hybridized carbons (Fsp3) is 0.375. The van der Waals surface area contributed by atoms with Crippen molar-refractivity contribution >= 4 is 17.8 Å². The smallest absolute Gasteiger partial charge is 0.336 e. The molecule has 0 aromatic heterocycles. The predicted molar refractivity (Wildman–Crippen MR) is 115 cm³/mol. The Kier molecular flexibility index (Phi) is 8.16. The van der Waals surface area contributed by atoms with E-state index >= 15 is 0 Å². The van der Waals surface area contributed by atoms with E-state index in [1.54, 1.807) is 50.2 Å². The maximum Gasteiger partial charge on any atom is 0.336 e. The Labute approximate surface area is 177 Å². The lowest BCUT2D eigenvalue weighted by Gasteiger charge is -2.32. The third-order valence-electron chi connectivity index (χ3n) is 5.06. The standard InChI is InChI=1S/C24H29NO5/c1-4-5-10-21(26)25(22(16(2)3)24(29)30)15-17-11-13-18(14-12-17)19-8-6-7-9-20(19)23(27)28/h6-9,11-14,16,22H,4-5,10,15H2,1-3H3,(H,27,28)(H,29,30). The summed E-state index contributed by atoms with van der Waals surface area (Å²) in [4.78, 5) is 37.5.